The highest BCUT2D eigenvalue weighted by Gasteiger charge is 2.20. The minimum atomic E-state index is -0.527. The van der Waals surface area contributed by atoms with E-state index in [2.05, 4.69) is 27.7 Å². The Labute approximate surface area is 284 Å². The van der Waals surface area contributed by atoms with Gasteiger partial charge < -0.3 is 23.7 Å². The van der Waals surface area contributed by atoms with Crippen molar-refractivity contribution in [1.29, 1.82) is 0 Å². The van der Waals surface area contributed by atoms with Gasteiger partial charge in [0.05, 0.1) is 31.7 Å². The summed E-state index contributed by atoms with van der Waals surface area (Å²) in [4.78, 5) is 36.5. The van der Waals surface area contributed by atoms with Crippen LogP contribution < -0.4 is 0 Å². The Morgan fingerprint density at radius 3 is 1.30 bits per heavy atom. The third-order valence-electron chi connectivity index (χ3n) is 8.77. The number of esters is 2. The predicted octanol–water partition coefficient (Wildman–Crippen LogP) is 10.3. The summed E-state index contributed by atoms with van der Waals surface area (Å²) in [5.41, 5.74) is 0. The highest BCUT2D eigenvalue weighted by molar-refractivity contribution is 5.72. The van der Waals surface area contributed by atoms with E-state index in [-0.39, 0.29) is 30.4 Å². The van der Waals surface area contributed by atoms with Crippen LogP contribution in [0.25, 0.3) is 0 Å². The Morgan fingerprint density at radius 1 is 0.478 bits per heavy atom. The average Bonchev–Trinajstić information content (AvgIpc) is 3.06. The molecule has 0 radical (unpaired) electrons. The van der Waals surface area contributed by atoms with Crippen LogP contribution in [-0.2, 0) is 33.3 Å². The Hall–Kier alpha value is -1.47. The van der Waals surface area contributed by atoms with Gasteiger partial charge >= 0.3 is 11.9 Å². The largest absolute Gasteiger partial charge is 0.465 e. The van der Waals surface area contributed by atoms with Crippen molar-refractivity contribution in [2.45, 2.75) is 188 Å². The van der Waals surface area contributed by atoms with E-state index in [1.807, 2.05) is 0 Å². The van der Waals surface area contributed by atoms with Gasteiger partial charge in [0, 0.05) is 13.2 Å². The molecule has 0 saturated heterocycles. The summed E-state index contributed by atoms with van der Waals surface area (Å²) >= 11 is 0. The molecule has 0 aromatic heterocycles. The third kappa shape index (κ3) is 27.6. The summed E-state index contributed by atoms with van der Waals surface area (Å²) in [6, 6.07) is 0. The molecule has 0 aliphatic heterocycles. The van der Waals surface area contributed by atoms with Crippen LogP contribution >= 0.6 is 0 Å². The maximum atomic E-state index is 12.5. The van der Waals surface area contributed by atoms with Crippen molar-refractivity contribution in [2.24, 2.45) is 11.8 Å². The maximum Gasteiger partial charge on any atom is 0.308 e. The summed E-state index contributed by atoms with van der Waals surface area (Å²) in [7, 11) is 0. The van der Waals surface area contributed by atoms with Crippen LogP contribution in [0.1, 0.15) is 182 Å². The average molecular weight is 655 g/mol. The van der Waals surface area contributed by atoms with E-state index in [1.165, 1.54) is 38.5 Å². The normalized spacial score (nSPS) is 13.3. The second-order valence-electron chi connectivity index (χ2n) is 13.2. The van der Waals surface area contributed by atoms with Crippen molar-refractivity contribution in [3.63, 3.8) is 0 Å². The molecule has 0 amide bonds. The van der Waals surface area contributed by atoms with E-state index >= 15 is 0 Å². The fraction of sp³-hybridized carbons (Fsp3) is 0.923. The van der Waals surface area contributed by atoms with Crippen molar-refractivity contribution in [1.82, 2.24) is 0 Å². The first-order chi connectivity index (χ1) is 22.5. The number of hydrogen-bond acceptors (Lipinski definition) is 7. The highest BCUT2D eigenvalue weighted by Crippen LogP contribution is 2.20. The van der Waals surface area contributed by atoms with Gasteiger partial charge in [0.1, 0.15) is 6.10 Å². The first-order valence-electron chi connectivity index (χ1n) is 19.5. The molecule has 0 aromatic carbocycles. The van der Waals surface area contributed by atoms with E-state index in [4.69, 9.17) is 18.9 Å². The lowest BCUT2D eigenvalue weighted by Gasteiger charge is -2.16. The van der Waals surface area contributed by atoms with Crippen LogP contribution in [0.2, 0.25) is 0 Å². The second-order valence-corrected chi connectivity index (χ2v) is 13.2. The summed E-state index contributed by atoms with van der Waals surface area (Å²) in [5.74, 6) is 0.102. The van der Waals surface area contributed by atoms with Crippen LogP contribution in [0.3, 0.4) is 0 Å². The summed E-state index contributed by atoms with van der Waals surface area (Å²) in [5, 5.41) is 0. The van der Waals surface area contributed by atoms with Crippen molar-refractivity contribution in [3.8, 4) is 0 Å². The van der Waals surface area contributed by atoms with Gasteiger partial charge in [0.15, 0.2) is 6.29 Å². The molecule has 272 valence electrons. The maximum absolute atomic E-state index is 12.5. The molecule has 0 aliphatic rings. The monoisotopic (exact) mass is 655 g/mol. The van der Waals surface area contributed by atoms with Crippen molar-refractivity contribution in [3.05, 3.63) is 0 Å². The number of rotatable bonds is 36. The summed E-state index contributed by atoms with van der Waals surface area (Å²) < 4.78 is 22.6. The third-order valence-corrected chi connectivity index (χ3v) is 8.77. The highest BCUT2D eigenvalue weighted by atomic mass is 16.5. The molecule has 0 heterocycles. The SMILES string of the molecule is CCCCCCC(CCCC)C(=O)OCCCCCCOCC(C=O)OCCCCCCOC(=O)C(CCCC)CCCCCC. The zero-order valence-electron chi connectivity index (χ0n) is 30.7. The summed E-state index contributed by atoms with van der Waals surface area (Å²) in [6.45, 7) is 11.2. The molecule has 3 atom stereocenters. The molecule has 7 heteroatoms. The number of ether oxygens (including phenoxy) is 4. The molecular formula is C39H74O7. The number of unbranched alkanes of at least 4 members (excludes halogenated alkanes) is 14. The molecule has 0 aromatic rings. The molecule has 3 unspecified atom stereocenters. The van der Waals surface area contributed by atoms with E-state index in [9.17, 15) is 14.4 Å². The molecule has 46 heavy (non-hydrogen) atoms. The number of carbonyl (C=O) groups is 3. The van der Waals surface area contributed by atoms with E-state index in [1.54, 1.807) is 0 Å². The number of carbonyl (C=O) groups excluding carboxylic acids is 3. The smallest absolute Gasteiger partial charge is 0.308 e. The van der Waals surface area contributed by atoms with Gasteiger partial charge in [0.2, 0.25) is 0 Å². The molecule has 0 N–H and O–H groups in total. The van der Waals surface area contributed by atoms with Crippen LogP contribution in [0.5, 0.6) is 0 Å². The van der Waals surface area contributed by atoms with E-state index < -0.39 is 6.10 Å². The van der Waals surface area contributed by atoms with Gasteiger partial charge in [-0.2, -0.15) is 0 Å². The molecule has 0 saturated carbocycles. The zero-order valence-corrected chi connectivity index (χ0v) is 30.7. The Balaban J connectivity index is 3.83. The minimum absolute atomic E-state index is 0.00616. The Morgan fingerprint density at radius 2 is 0.870 bits per heavy atom. The Kier molecular flexibility index (Phi) is 33.7. The van der Waals surface area contributed by atoms with Gasteiger partial charge in [-0.05, 0) is 64.2 Å². The number of hydrogen-bond donors (Lipinski definition) is 0. The first-order valence-corrected chi connectivity index (χ1v) is 19.5. The van der Waals surface area contributed by atoms with E-state index in [0.29, 0.717) is 26.4 Å². The lowest BCUT2D eigenvalue weighted by Crippen LogP contribution is -2.22. The zero-order chi connectivity index (χ0) is 33.9. The quantitative estimate of drug-likeness (QED) is 0.0377. The van der Waals surface area contributed by atoms with Gasteiger partial charge in [-0.15, -0.1) is 0 Å². The van der Waals surface area contributed by atoms with Gasteiger partial charge in [0.25, 0.3) is 0 Å². The Bertz CT molecular complexity index is 683. The van der Waals surface area contributed by atoms with Gasteiger partial charge in [-0.25, -0.2) is 0 Å². The molecule has 0 rings (SSSR count). The topological polar surface area (TPSA) is 88.1 Å². The first kappa shape index (κ1) is 44.5. The standard InChI is InChI=1S/C39H74O7/c1-5-9-13-19-27-35(25-11-7-3)38(41)45-31-23-16-15-21-29-43-34-37(33-40)44-30-22-17-18-24-32-46-39(42)36(26-12-8-4)28-20-14-10-6-2/h33,35-37H,5-32,34H2,1-4H3. The molecular weight excluding hydrogens is 580 g/mol. The molecule has 7 nitrogen and oxygen atoms in total. The van der Waals surface area contributed by atoms with Gasteiger partial charge in [-0.3, -0.25) is 9.59 Å². The molecule has 0 bridgehead atoms. The lowest BCUT2D eigenvalue weighted by molar-refractivity contribution is -0.150. The number of aldehydes is 1. The van der Waals surface area contributed by atoms with Crippen molar-refractivity contribution in [2.75, 3.05) is 33.0 Å². The molecule has 0 aliphatic carbocycles. The fourth-order valence-corrected chi connectivity index (χ4v) is 5.66. The van der Waals surface area contributed by atoms with Crippen LogP contribution in [0.15, 0.2) is 0 Å². The van der Waals surface area contributed by atoms with Crippen molar-refractivity contribution >= 4 is 18.2 Å². The van der Waals surface area contributed by atoms with Crippen LogP contribution in [0, 0.1) is 11.8 Å². The van der Waals surface area contributed by atoms with Crippen LogP contribution in [0.4, 0.5) is 0 Å². The second kappa shape index (κ2) is 34.9. The minimum Gasteiger partial charge on any atom is -0.465 e. The molecule has 0 spiro atoms. The van der Waals surface area contributed by atoms with Crippen LogP contribution in [-0.4, -0.2) is 57.4 Å². The van der Waals surface area contributed by atoms with E-state index in [0.717, 1.165) is 122 Å². The fourth-order valence-electron chi connectivity index (χ4n) is 5.66. The molecule has 0 fully saturated rings. The van der Waals surface area contributed by atoms with Crippen molar-refractivity contribution < 1.29 is 33.3 Å². The lowest BCUT2D eigenvalue weighted by atomic mass is 9.95. The predicted molar refractivity (Wildman–Crippen MR) is 189 cm³/mol. The summed E-state index contributed by atoms with van der Waals surface area (Å²) in [6.07, 6.45) is 25.5. The van der Waals surface area contributed by atoms with Gasteiger partial charge in [-0.1, -0.05) is 118 Å².